The quantitative estimate of drug-likeness (QED) is 0.657. The molecule has 1 aromatic rings. The summed E-state index contributed by atoms with van der Waals surface area (Å²) < 4.78 is 11.6. The predicted molar refractivity (Wildman–Crippen MR) is 73.4 cm³/mol. The third kappa shape index (κ3) is 3.57. The molecule has 0 aromatic heterocycles. The van der Waals surface area contributed by atoms with Crippen molar-refractivity contribution in [1.82, 2.24) is 0 Å². The minimum absolute atomic E-state index is 0.562. The van der Waals surface area contributed by atoms with Gasteiger partial charge in [-0.15, -0.1) is 0 Å². The maximum Gasteiger partial charge on any atom is 0.407 e. The van der Waals surface area contributed by atoms with Gasteiger partial charge < -0.3 is 15.2 Å². The second-order valence-electron chi connectivity index (χ2n) is 3.64. The number of methoxy groups -OCH3 is 1. The van der Waals surface area contributed by atoms with Gasteiger partial charge in [-0.3, -0.25) is 0 Å². The lowest BCUT2D eigenvalue weighted by molar-refractivity contribution is -0.196. The molecule has 2 N–H and O–H groups in total. The number of hydrogen-bond donors (Lipinski definition) is 1. The van der Waals surface area contributed by atoms with E-state index in [0.29, 0.717) is 6.42 Å². The highest BCUT2D eigenvalue weighted by molar-refractivity contribution is 14.1. The first-order valence-corrected chi connectivity index (χ1v) is 6.41. The largest absolute Gasteiger partial charge is 0.413 e. The molecule has 5 heteroatoms. The van der Waals surface area contributed by atoms with Crippen molar-refractivity contribution in [1.29, 1.82) is 0 Å². The van der Waals surface area contributed by atoms with Crippen LogP contribution in [0.4, 0.5) is 4.79 Å². The molecule has 1 rings (SSSR count). The summed E-state index contributed by atoms with van der Waals surface area (Å²) in [6, 6.07) is 7.64. The molecule has 0 aliphatic rings. The van der Waals surface area contributed by atoms with Crippen LogP contribution in [0.5, 0.6) is 0 Å². The molecule has 0 fully saturated rings. The summed E-state index contributed by atoms with van der Waals surface area (Å²) in [6.45, 7) is 1.99. The normalized spacial score (nSPS) is 14.1. The van der Waals surface area contributed by atoms with Gasteiger partial charge in [-0.25, -0.2) is 4.79 Å². The molecule has 4 nitrogen and oxygen atoms in total. The number of nitrogens with two attached hydrogens (primary N) is 1. The summed E-state index contributed by atoms with van der Waals surface area (Å²) in [4.78, 5) is 11.0. The number of halogens is 1. The first-order chi connectivity index (χ1) is 8.04. The number of primary amides is 1. The van der Waals surface area contributed by atoms with Crippen LogP contribution in [0.25, 0.3) is 0 Å². The van der Waals surface area contributed by atoms with Gasteiger partial charge in [0, 0.05) is 22.7 Å². The number of amides is 1. The first-order valence-electron chi connectivity index (χ1n) is 5.33. The van der Waals surface area contributed by atoms with Gasteiger partial charge in [0.05, 0.1) is 0 Å². The lowest BCUT2D eigenvalue weighted by Crippen LogP contribution is -2.36. The fourth-order valence-electron chi connectivity index (χ4n) is 1.73. The van der Waals surface area contributed by atoms with E-state index in [9.17, 15) is 4.79 Å². The van der Waals surface area contributed by atoms with Crippen molar-refractivity contribution in [3.8, 4) is 0 Å². The Morgan fingerprint density at radius 2 is 2.24 bits per heavy atom. The van der Waals surface area contributed by atoms with Gasteiger partial charge in [-0.05, 0) is 41.1 Å². The average Bonchev–Trinajstić information content (AvgIpc) is 2.27. The van der Waals surface area contributed by atoms with Crippen LogP contribution in [0.3, 0.4) is 0 Å². The Kier molecular flexibility index (Phi) is 5.20. The molecule has 0 saturated heterocycles. The third-order valence-corrected chi connectivity index (χ3v) is 3.11. The summed E-state index contributed by atoms with van der Waals surface area (Å²) in [7, 11) is 1.51. The molecule has 1 amide bonds. The molecule has 0 spiro atoms. The zero-order valence-corrected chi connectivity index (χ0v) is 12.1. The molecule has 94 valence electrons. The Labute approximate surface area is 115 Å². The molecule has 0 aliphatic carbocycles. The van der Waals surface area contributed by atoms with E-state index >= 15 is 0 Å². The minimum atomic E-state index is -1.08. The average molecular weight is 349 g/mol. The highest BCUT2D eigenvalue weighted by Gasteiger charge is 2.35. The summed E-state index contributed by atoms with van der Waals surface area (Å²) in [5, 5.41) is 0. The molecule has 0 aliphatic heterocycles. The minimum Gasteiger partial charge on any atom is -0.413 e. The Bertz CT molecular complexity index is 397. The lowest BCUT2D eigenvalue weighted by Gasteiger charge is -2.31. The molecular weight excluding hydrogens is 333 g/mol. The summed E-state index contributed by atoms with van der Waals surface area (Å²) in [5.74, 6) is -1.08. The van der Waals surface area contributed by atoms with Crippen LogP contribution in [0.2, 0.25) is 0 Å². The molecule has 1 atom stereocenters. The van der Waals surface area contributed by atoms with Gasteiger partial charge in [0.15, 0.2) is 0 Å². The Balaban J connectivity index is 3.15. The maximum absolute atomic E-state index is 11.0. The zero-order chi connectivity index (χ0) is 12.9. The van der Waals surface area contributed by atoms with E-state index < -0.39 is 11.9 Å². The highest BCUT2D eigenvalue weighted by atomic mass is 127. The van der Waals surface area contributed by atoms with E-state index in [-0.39, 0.29) is 0 Å². The first kappa shape index (κ1) is 14.2. The molecule has 1 aromatic carbocycles. The van der Waals surface area contributed by atoms with Crippen LogP contribution in [0, 0.1) is 3.57 Å². The van der Waals surface area contributed by atoms with Crippen LogP contribution in [-0.4, -0.2) is 13.2 Å². The zero-order valence-electron chi connectivity index (χ0n) is 9.90. The molecule has 0 radical (unpaired) electrons. The van der Waals surface area contributed by atoms with E-state index in [2.05, 4.69) is 22.6 Å². The van der Waals surface area contributed by atoms with Gasteiger partial charge in [0.2, 0.25) is 5.79 Å². The van der Waals surface area contributed by atoms with Crippen molar-refractivity contribution >= 4 is 28.7 Å². The van der Waals surface area contributed by atoms with Gasteiger partial charge >= 0.3 is 6.09 Å². The standard InChI is InChI=1S/C12H16INO3/c1-3-7-12(16-2,17-11(14)15)9-5-4-6-10(13)8-9/h4-6,8H,3,7H2,1-2H3,(H2,14,15)/t12-/m1/s1. The second-order valence-corrected chi connectivity index (χ2v) is 4.88. The summed E-state index contributed by atoms with van der Waals surface area (Å²) in [5.41, 5.74) is 5.92. The predicted octanol–water partition coefficient (Wildman–Crippen LogP) is 2.99. The van der Waals surface area contributed by atoms with Crippen LogP contribution >= 0.6 is 22.6 Å². The van der Waals surface area contributed by atoms with Crippen molar-refractivity contribution in [3.63, 3.8) is 0 Å². The molecule has 17 heavy (non-hydrogen) atoms. The van der Waals surface area contributed by atoms with Gasteiger partial charge in [-0.1, -0.05) is 19.1 Å². The van der Waals surface area contributed by atoms with Crippen molar-refractivity contribution in [2.24, 2.45) is 5.73 Å². The van der Waals surface area contributed by atoms with Crippen LogP contribution in [0.15, 0.2) is 24.3 Å². The number of carbonyl (C=O) groups excluding carboxylic acids is 1. The van der Waals surface area contributed by atoms with Crippen molar-refractivity contribution in [2.45, 2.75) is 25.6 Å². The van der Waals surface area contributed by atoms with Crippen LogP contribution in [0.1, 0.15) is 25.3 Å². The third-order valence-electron chi connectivity index (χ3n) is 2.44. The number of rotatable bonds is 5. The number of benzene rings is 1. The van der Waals surface area contributed by atoms with E-state index in [1.807, 2.05) is 31.2 Å². The highest BCUT2D eigenvalue weighted by Crippen LogP contribution is 2.32. The Morgan fingerprint density at radius 1 is 1.53 bits per heavy atom. The fraction of sp³-hybridized carbons (Fsp3) is 0.417. The van der Waals surface area contributed by atoms with E-state index in [4.69, 9.17) is 15.2 Å². The topological polar surface area (TPSA) is 61.6 Å². The van der Waals surface area contributed by atoms with E-state index in [0.717, 1.165) is 15.6 Å². The van der Waals surface area contributed by atoms with Crippen molar-refractivity contribution in [3.05, 3.63) is 33.4 Å². The van der Waals surface area contributed by atoms with Crippen molar-refractivity contribution in [2.75, 3.05) is 7.11 Å². The number of carbonyl (C=O) groups is 1. The van der Waals surface area contributed by atoms with Crippen LogP contribution in [-0.2, 0) is 15.3 Å². The van der Waals surface area contributed by atoms with Gasteiger partial charge in [0.1, 0.15) is 0 Å². The number of ether oxygens (including phenoxy) is 2. The molecular formula is C12H16INO3. The molecule has 0 unspecified atom stereocenters. The molecule has 0 heterocycles. The van der Waals surface area contributed by atoms with Gasteiger partial charge in [-0.2, -0.15) is 0 Å². The smallest absolute Gasteiger partial charge is 0.407 e. The Hall–Kier alpha value is -0.820. The van der Waals surface area contributed by atoms with E-state index in [1.165, 1.54) is 7.11 Å². The summed E-state index contributed by atoms with van der Waals surface area (Å²) in [6.07, 6.45) is 0.540. The molecule has 0 bridgehead atoms. The van der Waals surface area contributed by atoms with Crippen LogP contribution < -0.4 is 5.73 Å². The Morgan fingerprint density at radius 3 is 2.71 bits per heavy atom. The number of hydrogen-bond acceptors (Lipinski definition) is 3. The summed E-state index contributed by atoms with van der Waals surface area (Å²) >= 11 is 2.20. The molecule has 0 saturated carbocycles. The van der Waals surface area contributed by atoms with Gasteiger partial charge in [0.25, 0.3) is 0 Å². The maximum atomic E-state index is 11.0. The monoisotopic (exact) mass is 349 g/mol. The van der Waals surface area contributed by atoms with Crippen molar-refractivity contribution < 1.29 is 14.3 Å². The fourth-order valence-corrected chi connectivity index (χ4v) is 2.28. The lowest BCUT2D eigenvalue weighted by atomic mass is 10.0. The second kappa shape index (κ2) is 6.20. The SMILES string of the molecule is CCC[C@@](OC)(OC(N)=O)c1cccc(I)c1. The van der Waals surface area contributed by atoms with E-state index in [1.54, 1.807) is 0 Å².